The zero-order chi connectivity index (χ0) is 20.8. The third kappa shape index (κ3) is 5.14. The van der Waals surface area contributed by atoms with Crippen molar-refractivity contribution in [3.05, 3.63) is 53.0 Å². The number of rotatable bonds is 9. The number of amides is 1. The first kappa shape index (κ1) is 21.3. The zero-order valence-electron chi connectivity index (χ0n) is 17.6. The molecule has 0 saturated carbocycles. The molecule has 0 saturated heterocycles. The molecule has 5 nitrogen and oxygen atoms in total. The van der Waals surface area contributed by atoms with Crippen LogP contribution in [0, 0.1) is 12.8 Å². The molecule has 2 aromatic heterocycles. The van der Waals surface area contributed by atoms with Gasteiger partial charge in [0.15, 0.2) is 0 Å². The zero-order valence-corrected chi connectivity index (χ0v) is 18.4. The number of carbonyl (C=O) groups excluding carboxylic acids is 1. The Bertz CT molecular complexity index is 944. The molecule has 1 aromatic carbocycles. The molecule has 1 N–H and O–H groups in total. The number of carbonyl (C=O) groups is 1. The largest absolute Gasteiger partial charge is 0.385 e. The second-order valence-corrected chi connectivity index (χ2v) is 8.40. The molecule has 0 aliphatic carbocycles. The van der Waals surface area contributed by atoms with E-state index >= 15 is 0 Å². The summed E-state index contributed by atoms with van der Waals surface area (Å²) in [6.07, 6.45) is 0.799. The maximum absolute atomic E-state index is 12.8. The monoisotopic (exact) mass is 411 g/mol. The molecule has 0 aliphatic rings. The molecule has 29 heavy (non-hydrogen) atoms. The van der Waals surface area contributed by atoms with Crippen LogP contribution in [-0.4, -0.2) is 35.7 Å². The lowest BCUT2D eigenvalue weighted by Crippen LogP contribution is -2.25. The third-order valence-electron chi connectivity index (χ3n) is 4.76. The van der Waals surface area contributed by atoms with Gasteiger partial charge in [0.05, 0.1) is 17.0 Å². The van der Waals surface area contributed by atoms with Crippen LogP contribution in [0.15, 0.2) is 41.8 Å². The first-order chi connectivity index (χ1) is 14.0. The van der Waals surface area contributed by atoms with Gasteiger partial charge in [-0.2, -0.15) is 0 Å². The molecular weight excluding hydrogens is 382 g/mol. The van der Waals surface area contributed by atoms with Gasteiger partial charge in [0.25, 0.3) is 5.91 Å². The Morgan fingerprint density at radius 3 is 2.72 bits per heavy atom. The molecule has 3 rings (SSSR count). The van der Waals surface area contributed by atoms with Crippen LogP contribution in [0.5, 0.6) is 0 Å². The van der Waals surface area contributed by atoms with Gasteiger partial charge in [-0.1, -0.05) is 44.2 Å². The minimum Gasteiger partial charge on any atom is -0.385 e. The maximum Gasteiger partial charge on any atom is 0.253 e. The van der Waals surface area contributed by atoms with E-state index in [0.717, 1.165) is 40.6 Å². The predicted octanol–water partition coefficient (Wildman–Crippen LogP) is 5.01. The first-order valence-electron chi connectivity index (χ1n) is 9.99. The van der Waals surface area contributed by atoms with Gasteiger partial charge in [-0.25, -0.2) is 4.98 Å². The molecule has 0 spiro atoms. The topological polar surface area (TPSA) is 56.1 Å². The number of hydrogen-bond acceptors (Lipinski definition) is 4. The predicted molar refractivity (Wildman–Crippen MR) is 119 cm³/mol. The second kappa shape index (κ2) is 9.85. The maximum atomic E-state index is 12.8. The highest BCUT2D eigenvalue weighted by Gasteiger charge is 2.20. The van der Waals surface area contributed by atoms with Crippen molar-refractivity contribution >= 4 is 17.2 Å². The van der Waals surface area contributed by atoms with E-state index in [4.69, 9.17) is 9.72 Å². The molecule has 1 amide bonds. The van der Waals surface area contributed by atoms with Crippen LogP contribution in [0.2, 0.25) is 0 Å². The SMILES string of the molecule is COCCCNC(=O)c1cc(-c2csc(-c3ccccc3)n2)n(CC(C)C)c1C. The summed E-state index contributed by atoms with van der Waals surface area (Å²) in [4.78, 5) is 17.6. The number of nitrogens with one attached hydrogen (secondary N) is 1. The van der Waals surface area contributed by atoms with E-state index in [1.807, 2.05) is 31.2 Å². The van der Waals surface area contributed by atoms with Gasteiger partial charge >= 0.3 is 0 Å². The van der Waals surface area contributed by atoms with E-state index in [1.54, 1.807) is 18.4 Å². The van der Waals surface area contributed by atoms with E-state index in [0.29, 0.717) is 24.6 Å². The Morgan fingerprint density at radius 2 is 2.03 bits per heavy atom. The van der Waals surface area contributed by atoms with Crippen LogP contribution in [-0.2, 0) is 11.3 Å². The Kier molecular flexibility index (Phi) is 7.23. The van der Waals surface area contributed by atoms with E-state index in [1.165, 1.54) is 0 Å². The summed E-state index contributed by atoms with van der Waals surface area (Å²) in [6.45, 7) is 8.47. The van der Waals surface area contributed by atoms with Crippen molar-refractivity contribution < 1.29 is 9.53 Å². The van der Waals surface area contributed by atoms with Gasteiger partial charge in [0.2, 0.25) is 0 Å². The smallest absolute Gasteiger partial charge is 0.253 e. The van der Waals surface area contributed by atoms with Gasteiger partial charge in [-0.3, -0.25) is 4.79 Å². The minimum absolute atomic E-state index is 0.0409. The molecule has 0 atom stereocenters. The van der Waals surface area contributed by atoms with Gasteiger partial charge in [0, 0.05) is 43.4 Å². The van der Waals surface area contributed by atoms with E-state index < -0.39 is 0 Å². The summed E-state index contributed by atoms with van der Waals surface area (Å²) in [7, 11) is 1.67. The minimum atomic E-state index is -0.0409. The molecule has 3 aromatic rings. The molecule has 0 fully saturated rings. The van der Waals surface area contributed by atoms with Crippen molar-refractivity contribution in [1.82, 2.24) is 14.9 Å². The molecule has 6 heteroatoms. The summed E-state index contributed by atoms with van der Waals surface area (Å²) in [5.41, 5.74) is 4.71. The summed E-state index contributed by atoms with van der Waals surface area (Å²) < 4.78 is 7.27. The first-order valence-corrected chi connectivity index (χ1v) is 10.9. The summed E-state index contributed by atoms with van der Waals surface area (Å²) in [5.74, 6) is 0.422. The number of methoxy groups -OCH3 is 1. The number of benzene rings is 1. The van der Waals surface area contributed by atoms with Crippen molar-refractivity contribution in [2.45, 2.75) is 33.7 Å². The van der Waals surface area contributed by atoms with Gasteiger partial charge in [-0.15, -0.1) is 11.3 Å². The number of ether oxygens (including phenoxy) is 1. The van der Waals surface area contributed by atoms with E-state index in [9.17, 15) is 4.79 Å². The van der Waals surface area contributed by atoms with Crippen molar-refractivity contribution in [2.24, 2.45) is 5.92 Å². The third-order valence-corrected chi connectivity index (χ3v) is 5.65. The van der Waals surface area contributed by atoms with Crippen molar-refractivity contribution in [3.63, 3.8) is 0 Å². The average molecular weight is 412 g/mol. The fourth-order valence-corrected chi connectivity index (χ4v) is 4.13. The summed E-state index contributed by atoms with van der Waals surface area (Å²) in [5, 5.41) is 6.07. The molecular formula is C23H29N3O2S. The Morgan fingerprint density at radius 1 is 1.28 bits per heavy atom. The van der Waals surface area contributed by atoms with E-state index in [2.05, 4.69) is 41.2 Å². The van der Waals surface area contributed by atoms with E-state index in [-0.39, 0.29) is 5.91 Å². The quantitative estimate of drug-likeness (QED) is 0.504. The van der Waals surface area contributed by atoms with Crippen LogP contribution in [0.4, 0.5) is 0 Å². The average Bonchev–Trinajstić information content (AvgIpc) is 3.31. The molecule has 2 heterocycles. The standard InChI is InChI=1S/C23H29N3O2S/c1-16(2)14-26-17(3)19(22(27)24-11-8-12-28-4)13-21(26)20-15-29-23(25-20)18-9-6-5-7-10-18/h5-7,9-10,13,15-16H,8,11-12,14H2,1-4H3,(H,24,27). The molecule has 0 radical (unpaired) electrons. The number of hydrogen-bond donors (Lipinski definition) is 1. The lowest BCUT2D eigenvalue weighted by Gasteiger charge is -2.13. The van der Waals surface area contributed by atoms with Crippen LogP contribution in [0.1, 0.15) is 36.3 Å². The lowest BCUT2D eigenvalue weighted by molar-refractivity contribution is 0.0948. The van der Waals surface area contributed by atoms with Crippen molar-refractivity contribution in [2.75, 3.05) is 20.3 Å². The number of thiazole rings is 1. The Labute approximate surface area is 176 Å². The Hall–Kier alpha value is -2.44. The van der Waals surface area contributed by atoms with Crippen LogP contribution >= 0.6 is 11.3 Å². The normalized spacial score (nSPS) is 11.2. The van der Waals surface area contributed by atoms with Crippen LogP contribution in [0.25, 0.3) is 22.0 Å². The fraction of sp³-hybridized carbons (Fsp3) is 0.391. The summed E-state index contributed by atoms with van der Waals surface area (Å²) >= 11 is 1.63. The molecule has 154 valence electrons. The van der Waals surface area contributed by atoms with Gasteiger partial charge < -0.3 is 14.6 Å². The molecule has 0 aliphatic heterocycles. The van der Waals surface area contributed by atoms with Gasteiger partial charge in [-0.05, 0) is 25.3 Å². The van der Waals surface area contributed by atoms with Gasteiger partial charge in [0.1, 0.15) is 5.01 Å². The summed E-state index contributed by atoms with van der Waals surface area (Å²) in [6, 6.07) is 12.2. The lowest BCUT2D eigenvalue weighted by atomic mass is 10.2. The van der Waals surface area contributed by atoms with Crippen molar-refractivity contribution in [3.8, 4) is 22.0 Å². The second-order valence-electron chi connectivity index (χ2n) is 7.54. The van der Waals surface area contributed by atoms with Crippen molar-refractivity contribution in [1.29, 1.82) is 0 Å². The van der Waals surface area contributed by atoms with Crippen LogP contribution < -0.4 is 5.32 Å². The molecule has 0 unspecified atom stereocenters. The number of nitrogens with zero attached hydrogens (tertiary/aromatic N) is 2. The fourth-order valence-electron chi connectivity index (χ4n) is 3.31. The molecule has 0 bridgehead atoms. The number of aromatic nitrogens is 2. The Balaban J connectivity index is 1.91. The highest BCUT2D eigenvalue weighted by Crippen LogP contribution is 2.32. The highest BCUT2D eigenvalue weighted by molar-refractivity contribution is 7.13. The highest BCUT2D eigenvalue weighted by atomic mass is 32.1. The van der Waals surface area contributed by atoms with Crippen LogP contribution in [0.3, 0.4) is 0 Å².